The smallest absolute Gasteiger partial charge is 0.244 e. The van der Waals surface area contributed by atoms with E-state index in [4.69, 9.17) is 4.74 Å². The van der Waals surface area contributed by atoms with Gasteiger partial charge in [0.15, 0.2) is 0 Å². The molecule has 1 N–H and O–H groups in total. The van der Waals surface area contributed by atoms with Gasteiger partial charge in [0.05, 0.1) is 11.5 Å². The van der Waals surface area contributed by atoms with Crippen molar-refractivity contribution in [1.82, 2.24) is 9.62 Å². The number of likely N-dealkylation sites (N-methyl/N-ethyl adjacent to an activating group) is 1. The highest BCUT2D eigenvalue weighted by Crippen LogP contribution is 2.25. The lowest BCUT2D eigenvalue weighted by Gasteiger charge is -2.20. The first kappa shape index (κ1) is 18.6. The second-order valence-corrected chi connectivity index (χ2v) is 7.84. The number of nitrogens with one attached hydrogen (secondary N) is 1. The van der Waals surface area contributed by atoms with E-state index in [1.165, 1.54) is 15.6 Å². The molecule has 122 valence electrons. The lowest BCUT2D eigenvalue weighted by Crippen LogP contribution is -2.34. The van der Waals surface area contributed by atoms with Crippen LogP contribution in [-0.2, 0) is 21.3 Å². The average molecular weight is 335 g/mol. The Balaban J connectivity index is 2.87. The molecule has 1 aromatic rings. The van der Waals surface area contributed by atoms with Gasteiger partial charge in [-0.3, -0.25) is 0 Å². The minimum Gasteiger partial charge on any atom is -0.380 e. The molecule has 0 spiro atoms. The van der Waals surface area contributed by atoms with E-state index >= 15 is 0 Å². The fraction of sp³-hybridized carbons (Fsp3) is 0.714. The molecule has 0 aliphatic rings. The molecular formula is C14H26N2O3S2. The van der Waals surface area contributed by atoms with E-state index in [-0.39, 0.29) is 0 Å². The van der Waals surface area contributed by atoms with Gasteiger partial charge in [-0.1, -0.05) is 20.8 Å². The summed E-state index contributed by atoms with van der Waals surface area (Å²) in [5, 5.41) is 5.11. The Hall–Kier alpha value is -0.470. The molecule has 21 heavy (non-hydrogen) atoms. The van der Waals surface area contributed by atoms with Crippen LogP contribution in [0.4, 0.5) is 0 Å². The third kappa shape index (κ3) is 5.34. The summed E-state index contributed by atoms with van der Waals surface area (Å²) in [7, 11) is -3.44. The Bertz CT molecular complexity index is 512. The molecule has 0 bridgehead atoms. The highest BCUT2D eigenvalue weighted by atomic mass is 32.2. The number of ether oxygens (including phenoxy) is 1. The molecule has 0 aliphatic carbocycles. The Morgan fingerprint density at radius 1 is 1.38 bits per heavy atom. The van der Waals surface area contributed by atoms with Gasteiger partial charge in [-0.15, -0.1) is 11.3 Å². The van der Waals surface area contributed by atoms with E-state index in [0.29, 0.717) is 43.8 Å². The lowest BCUT2D eigenvalue weighted by atomic mass is 10.4. The molecule has 7 heteroatoms. The molecule has 0 fully saturated rings. The van der Waals surface area contributed by atoms with Crippen LogP contribution in [0.1, 0.15) is 32.6 Å². The second-order valence-electron chi connectivity index (χ2n) is 4.94. The standard InChI is InChI=1S/C14H26N2O3S2/c1-5-16(8-9-19-6-2)21(17,18)14-7-10-20-13(14)11-15-12(3)4/h7,10,12,15H,5-6,8-9,11H2,1-4H3. The predicted molar refractivity (Wildman–Crippen MR) is 87.2 cm³/mol. The van der Waals surface area contributed by atoms with Crippen LogP contribution in [0.5, 0.6) is 0 Å². The third-order valence-electron chi connectivity index (χ3n) is 3.04. The summed E-state index contributed by atoms with van der Waals surface area (Å²) in [5.74, 6) is 0. The van der Waals surface area contributed by atoms with Crippen molar-refractivity contribution in [1.29, 1.82) is 0 Å². The average Bonchev–Trinajstić information content (AvgIpc) is 2.90. The summed E-state index contributed by atoms with van der Waals surface area (Å²) in [6, 6.07) is 2.02. The van der Waals surface area contributed by atoms with Crippen LogP contribution >= 0.6 is 11.3 Å². The van der Waals surface area contributed by atoms with Crippen molar-refractivity contribution in [2.75, 3.05) is 26.3 Å². The van der Waals surface area contributed by atoms with Gasteiger partial charge in [0.1, 0.15) is 0 Å². The van der Waals surface area contributed by atoms with Crippen LogP contribution < -0.4 is 5.32 Å². The van der Waals surface area contributed by atoms with Crippen molar-refractivity contribution in [3.8, 4) is 0 Å². The summed E-state index contributed by atoms with van der Waals surface area (Å²) < 4.78 is 32.2. The van der Waals surface area contributed by atoms with Crippen LogP contribution in [0, 0.1) is 0 Å². The zero-order valence-corrected chi connectivity index (χ0v) is 14.9. The summed E-state index contributed by atoms with van der Waals surface area (Å²) in [5.41, 5.74) is 0. The molecule has 1 rings (SSSR count). The Labute approximate surface area is 132 Å². The number of nitrogens with zero attached hydrogens (tertiary/aromatic N) is 1. The molecule has 0 unspecified atom stereocenters. The fourth-order valence-corrected chi connectivity index (χ4v) is 4.68. The monoisotopic (exact) mass is 334 g/mol. The van der Waals surface area contributed by atoms with Crippen molar-refractivity contribution in [3.63, 3.8) is 0 Å². The molecule has 1 aromatic heterocycles. The maximum Gasteiger partial charge on any atom is 0.244 e. The first-order valence-electron chi connectivity index (χ1n) is 7.31. The number of hydrogen-bond donors (Lipinski definition) is 1. The fourth-order valence-electron chi connectivity index (χ4n) is 1.88. The van der Waals surface area contributed by atoms with Crippen LogP contribution in [0.25, 0.3) is 0 Å². The Kier molecular flexibility index (Phi) is 7.83. The largest absolute Gasteiger partial charge is 0.380 e. The molecule has 0 aliphatic heterocycles. The number of rotatable bonds is 10. The van der Waals surface area contributed by atoms with E-state index in [0.717, 1.165) is 4.88 Å². The maximum atomic E-state index is 12.7. The molecule has 0 saturated heterocycles. The van der Waals surface area contributed by atoms with E-state index < -0.39 is 10.0 Å². The van der Waals surface area contributed by atoms with Crippen LogP contribution in [0.2, 0.25) is 0 Å². The predicted octanol–water partition coefficient (Wildman–Crippen LogP) is 2.29. The Morgan fingerprint density at radius 3 is 2.67 bits per heavy atom. The van der Waals surface area contributed by atoms with Crippen molar-refractivity contribution < 1.29 is 13.2 Å². The molecular weight excluding hydrogens is 308 g/mol. The van der Waals surface area contributed by atoms with E-state index in [9.17, 15) is 8.42 Å². The summed E-state index contributed by atoms with van der Waals surface area (Å²) in [6.07, 6.45) is 0. The van der Waals surface area contributed by atoms with Crippen molar-refractivity contribution >= 4 is 21.4 Å². The zero-order chi connectivity index (χ0) is 15.9. The van der Waals surface area contributed by atoms with Gasteiger partial charge in [0.2, 0.25) is 10.0 Å². The summed E-state index contributed by atoms with van der Waals surface area (Å²) in [6.45, 7) is 10.3. The summed E-state index contributed by atoms with van der Waals surface area (Å²) in [4.78, 5) is 1.28. The van der Waals surface area contributed by atoms with E-state index in [2.05, 4.69) is 5.32 Å². The van der Waals surface area contributed by atoms with Crippen molar-refractivity contribution in [3.05, 3.63) is 16.3 Å². The van der Waals surface area contributed by atoms with Crippen LogP contribution in [-0.4, -0.2) is 45.1 Å². The van der Waals surface area contributed by atoms with Gasteiger partial charge >= 0.3 is 0 Å². The second kappa shape index (κ2) is 8.85. The van der Waals surface area contributed by atoms with Crippen LogP contribution in [0.15, 0.2) is 16.3 Å². The first-order valence-corrected chi connectivity index (χ1v) is 9.63. The molecule has 0 radical (unpaired) electrons. The third-order valence-corrected chi connectivity index (χ3v) is 6.14. The summed E-state index contributed by atoms with van der Waals surface area (Å²) >= 11 is 1.48. The van der Waals surface area contributed by atoms with Gasteiger partial charge in [0.25, 0.3) is 0 Å². The van der Waals surface area contributed by atoms with Gasteiger partial charge in [-0.2, -0.15) is 4.31 Å². The van der Waals surface area contributed by atoms with E-state index in [1.807, 2.05) is 33.1 Å². The van der Waals surface area contributed by atoms with Gasteiger partial charge < -0.3 is 10.1 Å². The minimum absolute atomic E-state index is 0.322. The molecule has 5 nitrogen and oxygen atoms in total. The van der Waals surface area contributed by atoms with Gasteiger partial charge in [-0.05, 0) is 18.4 Å². The quantitative estimate of drug-likeness (QED) is 0.667. The molecule has 0 saturated carbocycles. The first-order chi connectivity index (χ1) is 9.93. The van der Waals surface area contributed by atoms with E-state index in [1.54, 1.807) is 6.07 Å². The molecule has 1 heterocycles. The van der Waals surface area contributed by atoms with Crippen molar-refractivity contribution in [2.24, 2.45) is 0 Å². The Morgan fingerprint density at radius 2 is 2.10 bits per heavy atom. The van der Waals surface area contributed by atoms with Gasteiger partial charge in [0, 0.05) is 37.2 Å². The number of thiophene rings is 1. The lowest BCUT2D eigenvalue weighted by molar-refractivity contribution is 0.135. The SMILES string of the molecule is CCOCCN(CC)S(=O)(=O)c1ccsc1CNC(C)C. The highest BCUT2D eigenvalue weighted by Gasteiger charge is 2.26. The number of sulfonamides is 1. The molecule has 0 amide bonds. The number of hydrogen-bond acceptors (Lipinski definition) is 5. The maximum absolute atomic E-state index is 12.7. The van der Waals surface area contributed by atoms with Gasteiger partial charge in [-0.25, -0.2) is 8.42 Å². The minimum atomic E-state index is -3.44. The molecule has 0 aromatic carbocycles. The normalized spacial score (nSPS) is 12.5. The van der Waals surface area contributed by atoms with Crippen LogP contribution in [0.3, 0.4) is 0 Å². The highest BCUT2D eigenvalue weighted by molar-refractivity contribution is 7.89. The zero-order valence-electron chi connectivity index (χ0n) is 13.3. The topological polar surface area (TPSA) is 58.6 Å². The molecule has 0 atom stereocenters. The van der Waals surface area contributed by atoms with Crippen molar-refractivity contribution in [2.45, 2.75) is 45.2 Å².